The Labute approximate surface area is 68.8 Å². The Morgan fingerprint density at radius 3 is 2.55 bits per heavy atom. The number of carbonyl (C=O) groups is 1. The first-order chi connectivity index (χ1) is 5.20. The summed E-state index contributed by atoms with van der Waals surface area (Å²) < 4.78 is 0. The van der Waals surface area contributed by atoms with Crippen LogP contribution in [0.2, 0.25) is 0 Å². The van der Waals surface area contributed by atoms with Gasteiger partial charge in [-0.3, -0.25) is 0 Å². The molecule has 11 heavy (non-hydrogen) atoms. The molecule has 62 valence electrons. The summed E-state index contributed by atoms with van der Waals surface area (Å²) in [6.07, 6.45) is 7.78. The summed E-state index contributed by atoms with van der Waals surface area (Å²) in [5, 5.41) is 0. The second-order valence-electron chi connectivity index (χ2n) is 2.87. The lowest BCUT2D eigenvalue weighted by atomic mass is 10.1. The van der Waals surface area contributed by atoms with Crippen molar-refractivity contribution >= 4 is 6.29 Å². The molecule has 2 atom stereocenters. The van der Waals surface area contributed by atoms with Crippen LogP contribution in [0.25, 0.3) is 0 Å². The van der Waals surface area contributed by atoms with Crippen LogP contribution in [0.4, 0.5) is 0 Å². The van der Waals surface area contributed by atoms with Crippen LogP contribution in [-0.2, 0) is 4.79 Å². The highest BCUT2D eigenvalue weighted by atomic mass is 16.1. The van der Waals surface area contributed by atoms with Gasteiger partial charge in [0.2, 0.25) is 0 Å². The minimum absolute atomic E-state index is 0.0482. The van der Waals surface area contributed by atoms with Gasteiger partial charge >= 0.3 is 0 Å². The van der Waals surface area contributed by atoms with Crippen LogP contribution in [0.1, 0.15) is 20.3 Å². The summed E-state index contributed by atoms with van der Waals surface area (Å²) in [7, 11) is 0. The molecule has 0 N–H and O–H groups in total. The fourth-order valence-corrected chi connectivity index (χ4v) is 0.649. The molecule has 2 unspecified atom stereocenters. The van der Waals surface area contributed by atoms with Crippen LogP contribution < -0.4 is 0 Å². The summed E-state index contributed by atoms with van der Waals surface area (Å²) in [6.45, 7) is 7.65. The van der Waals surface area contributed by atoms with Crippen molar-refractivity contribution in [1.29, 1.82) is 0 Å². The number of hydrogen-bond acceptors (Lipinski definition) is 1. The van der Waals surface area contributed by atoms with E-state index in [1.165, 1.54) is 0 Å². The van der Waals surface area contributed by atoms with Gasteiger partial charge in [-0.25, -0.2) is 0 Å². The van der Waals surface area contributed by atoms with Crippen LogP contribution in [0, 0.1) is 11.8 Å². The standard InChI is InChI=1S/C10H16O/c1-4-9(2)6-5-7-10(3)8-11/h4-5,7-10H,1,6H2,2-3H3. The van der Waals surface area contributed by atoms with Gasteiger partial charge in [-0.15, -0.1) is 6.58 Å². The molecule has 0 saturated heterocycles. The van der Waals surface area contributed by atoms with Gasteiger partial charge in [0, 0.05) is 5.92 Å². The first-order valence-electron chi connectivity index (χ1n) is 3.95. The molecule has 1 heteroatoms. The van der Waals surface area contributed by atoms with Gasteiger partial charge in [0.15, 0.2) is 0 Å². The van der Waals surface area contributed by atoms with Gasteiger partial charge < -0.3 is 4.79 Å². The SMILES string of the molecule is C=CC(C)CC=CC(C)C=O. The van der Waals surface area contributed by atoms with E-state index in [0.717, 1.165) is 12.7 Å². The molecule has 0 amide bonds. The van der Waals surface area contributed by atoms with E-state index in [1.54, 1.807) is 0 Å². The minimum atomic E-state index is 0.0482. The van der Waals surface area contributed by atoms with Gasteiger partial charge in [0.1, 0.15) is 6.29 Å². The third kappa shape index (κ3) is 5.59. The fourth-order valence-electron chi connectivity index (χ4n) is 0.649. The van der Waals surface area contributed by atoms with Crippen molar-refractivity contribution in [2.75, 3.05) is 0 Å². The lowest BCUT2D eigenvalue weighted by Crippen LogP contribution is -1.90. The zero-order valence-corrected chi connectivity index (χ0v) is 7.29. The van der Waals surface area contributed by atoms with Gasteiger partial charge in [0.25, 0.3) is 0 Å². The maximum absolute atomic E-state index is 10.2. The van der Waals surface area contributed by atoms with Crippen molar-refractivity contribution < 1.29 is 4.79 Å². The number of hydrogen-bond donors (Lipinski definition) is 0. The molecule has 1 nitrogen and oxygen atoms in total. The molecule has 0 saturated carbocycles. The van der Waals surface area contributed by atoms with Crippen molar-refractivity contribution in [1.82, 2.24) is 0 Å². The van der Waals surface area contributed by atoms with Crippen molar-refractivity contribution in [3.05, 3.63) is 24.8 Å². The molecular formula is C10H16O. The van der Waals surface area contributed by atoms with E-state index in [4.69, 9.17) is 0 Å². The van der Waals surface area contributed by atoms with Crippen molar-refractivity contribution in [3.8, 4) is 0 Å². The number of aldehydes is 1. The summed E-state index contributed by atoms with van der Waals surface area (Å²) in [6, 6.07) is 0. The molecule has 0 spiro atoms. The largest absolute Gasteiger partial charge is 0.303 e. The Morgan fingerprint density at radius 1 is 1.45 bits per heavy atom. The smallest absolute Gasteiger partial charge is 0.126 e. The fraction of sp³-hybridized carbons (Fsp3) is 0.500. The lowest BCUT2D eigenvalue weighted by molar-refractivity contribution is -0.109. The van der Waals surface area contributed by atoms with Gasteiger partial charge in [-0.2, -0.15) is 0 Å². The summed E-state index contributed by atoms with van der Waals surface area (Å²) in [5.74, 6) is 0.553. The Kier molecular flexibility index (Phi) is 5.44. The second-order valence-corrected chi connectivity index (χ2v) is 2.87. The Morgan fingerprint density at radius 2 is 2.09 bits per heavy atom. The maximum Gasteiger partial charge on any atom is 0.126 e. The van der Waals surface area contributed by atoms with Crippen LogP contribution >= 0.6 is 0 Å². The summed E-state index contributed by atoms with van der Waals surface area (Å²) in [5.41, 5.74) is 0. The van der Waals surface area contributed by atoms with Crippen LogP contribution in [-0.4, -0.2) is 6.29 Å². The monoisotopic (exact) mass is 152 g/mol. The minimum Gasteiger partial charge on any atom is -0.303 e. The Bertz CT molecular complexity index is 147. The molecule has 0 rings (SSSR count). The van der Waals surface area contributed by atoms with Crippen molar-refractivity contribution in [3.63, 3.8) is 0 Å². The van der Waals surface area contributed by atoms with E-state index >= 15 is 0 Å². The van der Waals surface area contributed by atoms with Crippen LogP contribution in [0.3, 0.4) is 0 Å². The third-order valence-electron chi connectivity index (χ3n) is 1.56. The predicted octanol–water partition coefficient (Wildman–Crippen LogP) is 2.59. The van der Waals surface area contributed by atoms with E-state index < -0.39 is 0 Å². The molecule has 0 fully saturated rings. The molecule has 0 radical (unpaired) electrons. The molecule has 0 aliphatic rings. The van der Waals surface area contributed by atoms with E-state index in [0.29, 0.717) is 5.92 Å². The molecule has 0 aromatic heterocycles. The van der Waals surface area contributed by atoms with Crippen LogP contribution in [0.5, 0.6) is 0 Å². The first-order valence-corrected chi connectivity index (χ1v) is 3.95. The van der Waals surface area contributed by atoms with Gasteiger partial charge in [-0.05, 0) is 12.3 Å². The molecule has 0 heterocycles. The quantitative estimate of drug-likeness (QED) is 0.437. The second kappa shape index (κ2) is 5.90. The van der Waals surface area contributed by atoms with Gasteiger partial charge in [-0.1, -0.05) is 32.1 Å². The average molecular weight is 152 g/mol. The number of allylic oxidation sites excluding steroid dienone is 3. The van der Waals surface area contributed by atoms with Crippen LogP contribution in [0.15, 0.2) is 24.8 Å². The molecule has 0 aliphatic carbocycles. The Balaban J connectivity index is 3.58. The maximum atomic E-state index is 10.2. The molecule has 0 aromatic carbocycles. The van der Waals surface area contributed by atoms with E-state index in [2.05, 4.69) is 13.5 Å². The number of carbonyl (C=O) groups excluding carboxylic acids is 1. The van der Waals surface area contributed by atoms with E-state index in [-0.39, 0.29) is 5.92 Å². The molecule has 0 aromatic rings. The van der Waals surface area contributed by atoms with E-state index in [1.807, 2.05) is 25.2 Å². The van der Waals surface area contributed by atoms with E-state index in [9.17, 15) is 4.79 Å². The van der Waals surface area contributed by atoms with Crippen molar-refractivity contribution in [2.45, 2.75) is 20.3 Å². The lowest BCUT2D eigenvalue weighted by Gasteiger charge is -1.99. The summed E-state index contributed by atoms with van der Waals surface area (Å²) >= 11 is 0. The first kappa shape index (κ1) is 10.2. The Hall–Kier alpha value is -0.850. The van der Waals surface area contributed by atoms with Gasteiger partial charge in [0.05, 0.1) is 0 Å². The zero-order chi connectivity index (χ0) is 8.69. The summed E-state index contributed by atoms with van der Waals surface area (Å²) in [4.78, 5) is 10.2. The molecule has 0 aliphatic heterocycles. The average Bonchev–Trinajstić information content (AvgIpc) is 2.04. The normalized spacial score (nSPS) is 16.2. The predicted molar refractivity (Wildman–Crippen MR) is 48.3 cm³/mol. The number of rotatable bonds is 5. The third-order valence-corrected chi connectivity index (χ3v) is 1.56. The zero-order valence-electron chi connectivity index (χ0n) is 7.29. The van der Waals surface area contributed by atoms with Crippen molar-refractivity contribution in [2.24, 2.45) is 11.8 Å². The highest BCUT2D eigenvalue weighted by Gasteiger charge is 1.93. The molecular weight excluding hydrogens is 136 g/mol. The topological polar surface area (TPSA) is 17.1 Å². The molecule has 0 bridgehead atoms. The highest BCUT2D eigenvalue weighted by molar-refractivity contribution is 5.55. The highest BCUT2D eigenvalue weighted by Crippen LogP contribution is 2.04.